The summed E-state index contributed by atoms with van der Waals surface area (Å²) in [7, 11) is 4.86. The minimum Gasteiger partial charge on any atom is -0.496 e. The molecular weight excluding hydrogens is 294 g/mol. The van der Waals surface area contributed by atoms with E-state index in [1.807, 2.05) is 31.2 Å². The molecule has 1 heterocycles. The van der Waals surface area contributed by atoms with Gasteiger partial charge in [-0.2, -0.15) is 0 Å². The summed E-state index contributed by atoms with van der Waals surface area (Å²) in [5.74, 6) is 1.12. The first kappa shape index (κ1) is 16.6. The number of rotatable bonds is 5. The van der Waals surface area contributed by atoms with E-state index in [1.54, 1.807) is 37.4 Å². The third kappa shape index (κ3) is 3.71. The first-order valence-corrected chi connectivity index (χ1v) is 7.24. The summed E-state index contributed by atoms with van der Waals surface area (Å²) in [6.07, 6.45) is 1.61. The average Bonchev–Trinajstić information content (AvgIpc) is 2.60. The SMILES string of the molecule is COc1ccccc1[C@H](C)N(C)C(=O)Nc1cccnc1OC. The fourth-order valence-electron chi connectivity index (χ4n) is 2.25. The molecular formula is C17H21N3O3. The normalized spacial score (nSPS) is 11.5. The Bertz CT molecular complexity index is 676. The van der Waals surface area contributed by atoms with Gasteiger partial charge in [-0.1, -0.05) is 18.2 Å². The Labute approximate surface area is 136 Å². The molecule has 0 bridgehead atoms. The maximum Gasteiger partial charge on any atom is 0.322 e. The van der Waals surface area contributed by atoms with Crippen molar-refractivity contribution < 1.29 is 14.3 Å². The zero-order valence-corrected chi connectivity index (χ0v) is 13.7. The molecule has 0 aliphatic carbocycles. The molecule has 0 aliphatic heterocycles. The van der Waals surface area contributed by atoms with E-state index >= 15 is 0 Å². The zero-order chi connectivity index (χ0) is 16.8. The molecule has 0 radical (unpaired) electrons. The lowest BCUT2D eigenvalue weighted by Crippen LogP contribution is -2.33. The summed E-state index contributed by atoms with van der Waals surface area (Å²) in [4.78, 5) is 18.2. The summed E-state index contributed by atoms with van der Waals surface area (Å²) in [5.41, 5.74) is 1.46. The highest BCUT2D eigenvalue weighted by molar-refractivity contribution is 5.90. The predicted octanol–water partition coefficient (Wildman–Crippen LogP) is 3.32. The van der Waals surface area contributed by atoms with Gasteiger partial charge in [0.2, 0.25) is 5.88 Å². The summed E-state index contributed by atoms with van der Waals surface area (Å²) >= 11 is 0. The number of anilines is 1. The van der Waals surface area contributed by atoms with Crippen molar-refractivity contribution in [3.63, 3.8) is 0 Å². The van der Waals surface area contributed by atoms with E-state index in [1.165, 1.54) is 7.11 Å². The number of urea groups is 1. The van der Waals surface area contributed by atoms with Crippen LogP contribution >= 0.6 is 0 Å². The first-order chi connectivity index (χ1) is 11.1. The molecule has 2 rings (SSSR count). The van der Waals surface area contributed by atoms with Gasteiger partial charge in [-0.15, -0.1) is 0 Å². The summed E-state index contributed by atoms with van der Waals surface area (Å²) in [6.45, 7) is 1.94. The lowest BCUT2D eigenvalue weighted by Gasteiger charge is -2.27. The van der Waals surface area contributed by atoms with Crippen molar-refractivity contribution in [1.29, 1.82) is 0 Å². The number of ether oxygens (including phenoxy) is 2. The van der Waals surface area contributed by atoms with Crippen molar-refractivity contribution in [1.82, 2.24) is 9.88 Å². The fraction of sp³-hybridized carbons (Fsp3) is 0.294. The third-order valence-corrected chi connectivity index (χ3v) is 3.70. The molecule has 2 aromatic rings. The minimum absolute atomic E-state index is 0.159. The van der Waals surface area contributed by atoms with Crippen LogP contribution in [0.15, 0.2) is 42.6 Å². The van der Waals surface area contributed by atoms with Crippen LogP contribution in [0.1, 0.15) is 18.5 Å². The van der Waals surface area contributed by atoms with Crippen molar-refractivity contribution >= 4 is 11.7 Å². The number of carbonyl (C=O) groups is 1. The second kappa shape index (κ2) is 7.49. The number of carbonyl (C=O) groups excluding carboxylic acids is 1. The number of nitrogens with zero attached hydrogens (tertiary/aromatic N) is 2. The van der Waals surface area contributed by atoms with Crippen molar-refractivity contribution in [3.8, 4) is 11.6 Å². The van der Waals surface area contributed by atoms with Gasteiger partial charge in [-0.3, -0.25) is 0 Å². The molecule has 2 amide bonds. The van der Waals surface area contributed by atoms with Gasteiger partial charge in [0.05, 0.1) is 20.3 Å². The van der Waals surface area contributed by atoms with E-state index in [-0.39, 0.29) is 12.1 Å². The van der Waals surface area contributed by atoms with Crippen molar-refractivity contribution in [2.75, 3.05) is 26.6 Å². The third-order valence-electron chi connectivity index (χ3n) is 3.70. The quantitative estimate of drug-likeness (QED) is 0.919. The number of nitrogens with one attached hydrogen (secondary N) is 1. The van der Waals surface area contributed by atoms with Gasteiger partial charge < -0.3 is 19.7 Å². The van der Waals surface area contributed by atoms with Crippen molar-refractivity contribution in [2.24, 2.45) is 0 Å². The van der Waals surface area contributed by atoms with Gasteiger partial charge in [-0.25, -0.2) is 9.78 Å². The number of aromatic nitrogens is 1. The minimum atomic E-state index is -0.255. The maximum atomic E-state index is 12.5. The summed E-state index contributed by atoms with van der Waals surface area (Å²) < 4.78 is 10.5. The van der Waals surface area contributed by atoms with Crippen LogP contribution in [0.2, 0.25) is 0 Å². The monoisotopic (exact) mass is 315 g/mol. The first-order valence-electron chi connectivity index (χ1n) is 7.24. The molecule has 122 valence electrons. The second-order valence-electron chi connectivity index (χ2n) is 5.02. The van der Waals surface area contributed by atoms with Crippen LogP contribution in [0.4, 0.5) is 10.5 Å². The number of amides is 2. The van der Waals surface area contributed by atoms with E-state index < -0.39 is 0 Å². The van der Waals surface area contributed by atoms with Gasteiger partial charge in [0.1, 0.15) is 11.4 Å². The number of benzene rings is 1. The summed E-state index contributed by atoms with van der Waals surface area (Å²) in [5, 5.41) is 2.81. The fourth-order valence-corrected chi connectivity index (χ4v) is 2.25. The second-order valence-corrected chi connectivity index (χ2v) is 5.02. The van der Waals surface area contributed by atoms with Crippen LogP contribution < -0.4 is 14.8 Å². The Balaban J connectivity index is 2.16. The van der Waals surface area contributed by atoms with E-state index in [9.17, 15) is 4.79 Å². The molecule has 1 aromatic heterocycles. The van der Waals surface area contributed by atoms with Crippen LogP contribution in [0.25, 0.3) is 0 Å². The molecule has 0 saturated carbocycles. The number of para-hydroxylation sites is 1. The zero-order valence-electron chi connectivity index (χ0n) is 13.7. The highest BCUT2D eigenvalue weighted by Gasteiger charge is 2.21. The number of methoxy groups -OCH3 is 2. The van der Waals surface area contributed by atoms with Crippen LogP contribution in [-0.4, -0.2) is 37.2 Å². The number of hydrogen-bond donors (Lipinski definition) is 1. The Hall–Kier alpha value is -2.76. The Morgan fingerprint density at radius 3 is 2.61 bits per heavy atom. The van der Waals surface area contributed by atoms with Gasteiger partial charge in [0.25, 0.3) is 0 Å². The molecule has 6 nitrogen and oxygen atoms in total. The topological polar surface area (TPSA) is 63.7 Å². The van der Waals surface area contributed by atoms with Gasteiger partial charge in [-0.05, 0) is 25.1 Å². The molecule has 0 unspecified atom stereocenters. The van der Waals surface area contributed by atoms with E-state index in [0.717, 1.165) is 11.3 Å². The Kier molecular flexibility index (Phi) is 5.41. The van der Waals surface area contributed by atoms with E-state index in [4.69, 9.17) is 9.47 Å². The molecule has 0 saturated heterocycles. The molecule has 6 heteroatoms. The van der Waals surface area contributed by atoms with Gasteiger partial charge >= 0.3 is 6.03 Å². The maximum absolute atomic E-state index is 12.5. The molecule has 23 heavy (non-hydrogen) atoms. The smallest absolute Gasteiger partial charge is 0.322 e. The Morgan fingerprint density at radius 1 is 1.17 bits per heavy atom. The molecule has 1 N–H and O–H groups in total. The van der Waals surface area contributed by atoms with Crippen LogP contribution in [0.5, 0.6) is 11.6 Å². The molecule has 1 atom stereocenters. The van der Waals surface area contributed by atoms with Gasteiger partial charge in [0, 0.05) is 18.8 Å². The summed E-state index contributed by atoms with van der Waals surface area (Å²) in [6, 6.07) is 10.7. The highest BCUT2D eigenvalue weighted by atomic mass is 16.5. The number of pyridine rings is 1. The van der Waals surface area contributed by atoms with Crippen LogP contribution in [0, 0.1) is 0 Å². The van der Waals surface area contributed by atoms with E-state index in [2.05, 4.69) is 10.3 Å². The van der Waals surface area contributed by atoms with Crippen molar-refractivity contribution in [2.45, 2.75) is 13.0 Å². The molecule has 0 aliphatic rings. The number of hydrogen-bond acceptors (Lipinski definition) is 4. The molecule has 0 fully saturated rings. The largest absolute Gasteiger partial charge is 0.496 e. The van der Waals surface area contributed by atoms with Crippen LogP contribution in [0.3, 0.4) is 0 Å². The lowest BCUT2D eigenvalue weighted by molar-refractivity contribution is 0.207. The van der Waals surface area contributed by atoms with Crippen molar-refractivity contribution in [3.05, 3.63) is 48.2 Å². The van der Waals surface area contributed by atoms with E-state index in [0.29, 0.717) is 11.6 Å². The molecule has 0 spiro atoms. The Morgan fingerprint density at radius 2 is 1.91 bits per heavy atom. The predicted molar refractivity (Wildman–Crippen MR) is 89.0 cm³/mol. The average molecular weight is 315 g/mol. The standard InChI is InChI=1S/C17H21N3O3/c1-12(13-8-5-6-10-15(13)22-3)20(2)17(21)19-14-9-7-11-18-16(14)23-4/h5-12H,1-4H3,(H,19,21)/t12-/m0/s1. The van der Waals surface area contributed by atoms with Crippen LogP contribution in [-0.2, 0) is 0 Å². The molecule has 1 aromatic carbocycles. The lowest BCUT2D eigenvalue weighted by atomic mass is 10.1. The van der Waals surface area contributed by atoms with Gasteiger partial charge in [0.15, 0.2) is 0 Å². The highest BCUT2D eigenvalue weighted by Crippen LogP contribution is 2.29.